The highest BCUT2D eigenvalue weighted by Crippen LogP contribution is 2.21. The van der Waals surface area contributed by atoms with E-state index in [1.807, 2.05) is 6.07 Å². The number of carbonyl (C=O) groups excluding carboxylic acids is 1. The monoisotopic (exact) mass is 279 g/mol. The summed E-state index contributed by atoms with van der Waals surface area (Å²) in [6.07, 6.45) is 6.15. The Kier molecular flexibility index (Phi) is 5.59. The van der Waals surface area contributed by atoms with Gasteiger partial charge in [-0.15, -0.1) is 11.3 Å². The van der Waals surface area contributed by atoms with Gasteiger partial charge >= 0.3 is 0 Å². The molecule has 2 rings (SSSR count). The summed E-state index contributed by atoms with van der Waals surface area (Å²) in [6.45, 7) is 7.22. The first-order valence-electron chi connectivity index (χ1n) is 7.57. The lowest BCUT2D eigenvalue weighted by Crippen LogP contribution is -2.30. The van der Waals surface area contributed by atoms with E-state index in [2.05, 4.69) is 24.8 Å². The zero-order valence-corrected chi connectivity index (χ0v) is 13.0. The average Bonchev–Trinajstić information content (AvgIpc) is 2.80. The summed E-state index contributed by atoms with van der Waals surface area (Å²) >= 11 is 1.66. The minimum absolute atomic E-state index is 0.305. The number of likely N-dealkylation sites (tertiary alicyclic amines) is 1. The van der Waals surface area contributed by atoms with Gasteiger partial charge in [-0.2, -0.15) is 0 Å². The van der Waals surface area contributed by atoms with E-state index >= 15 is 0 Å². The van der Waals surface area contributed by atoms with Crippen molar-refractivity contribution in [1.29, 1.82) is 0 Å². The predicted molar refractivity (Wildman–Crippen MR) is 82.1 cm³/mol. The number of nitrogens with zero attached hydrogens (tertiary/aromatic N) is 1. The summed E-state index contributed by atoms with van der Waals surface area (Å²) in [5.74, 6) is 1.17. The summed E-state index contributed by atoms with van der Waals surface area (Å²) in [5.41, 5.74) is 0. The van der Waals surface area contributed by atoms with E-state index in [0.29, 0.717) is 12.3 Å². The summed E-state index contributed by atoms with van der Waals surface area (Å²) in [7, 11) is 0. The fourth-order valence-corrected chi connectivity index (χ4v) is 3.67. The van der Waals surface area contributed by atoms with Crippen molar-refractivity contribution in [3.05, 3.63) is 21.9 Å². The van der Waals surface area contributed by atoms with Gasteiger partial charge in [0.25, 0.3) is 0 Å². The Hall–Kier alpha value is -0.670. The zero-order chi connectivity index (χ0) is 13.7. The van der Waals surface area contributed by atoms with E-state index in [-0.39, 0.29) is 0 Å². The van der Waals surface area contributed by atoms with Gasteiger partial charge in [0.1, 0.15) is 0 Å². The Labute approximate surface area is 120 Å². The molecule has 0 amide bonds. The molecule has 1 fully saturated rings. The number of carbonyl (C=O) groups is 1. The molecular weight excluding hydrogens is 254 g/mol. The van der Waals surface area contributed by atoms with Crippen LogP contribution in [0.5, 0.6) is 0 Å². The van der Waals surface area contributed by atoms with Gasteiger partial charge in [-0.25, -0.2) is 0 Å². The van der Waals surface area contributed by atoms with Crippen LogP contribution in [-0.2, 0) is 6.42 Å². The van der Waals surface area contributed by atoms with Gasteiger partial charge < -0.3 is 0 Å². The SMILES string of the molecule is CCc1ccc(C(=O)CN2CCCC(CC)CC2)s1. The van der Waals surface area contributed by atoms with Gasteiger partial charge in [0.05, 0.1) is 11.4 Å². The van der Waals surface area contributed by atoms with E-state index in [1.54, 1.807) is 11.3 Å². The summed E-state index contributed by atoms with van der Waals surface area (Å²) in [5, 5.41) is 0. The second-order valence-corrected chi connectivity index (χ2v) is 6.69. The molecule has 0 bridgehead atoms. The zero-order valence-electron chi connectivity index (χ0n) is 12.2. The lowest BCUT2D eigenvalue weighted by atomic mass is 9.98. The van der Waals surface area contributed by atoms with Crippen LogP contribution in [-0.4, -0.2) is 30.3 Å². The highest BCUT2D eigenvalue weighted by molar-refractivity contribution is 7.14. The largest absolute Gasteiger partial charge is 0.296 e. The van der Waals surface area contributed by atoms with Crippen molar-refractivity contribution < 1.29 is 4.79 Å². The van der Waals surface area contributed by atoms with Gasteiger partial charge in [-0.1, -0.05) is 20.3 Å². The van der Waals surface area contributed by atoms with Gasteiger partial charge in [-0.3, -0.25) is 9.69 Å². The predicted octanol–water partition coefficient (Wildman–Crippen LogP) is 4.01. The molecule has 1 unspecified atom stereocenters. The molecule has 0 saturated carbocycles. The summed E-state index contributed by atoms with van der Waals surface area (Å²) < 4.78 is 0. The van der Waals surface area contributed by atoms with E-state index in [0.717, 1.165) is 30.3 Å². The maximum absolute atomic E-state index is 12.3. The third kappa shape index (κ3) is 4.15. The molecule has 2 heterocycles. The van der Waals surface area contributed by atoms with E-state index in [9.17, 15) is 4.79 Å². The quantitative estimate of drug-likeness (QED) is 0.759. The van der Waals surface area contributed by atoms with Crippen LogP contribution >= 0.6 is 11.3 Å². The van der Waals surface area contributed by atoms with E-state index in [4.69, 9.17) is 0 Å². The van der Waals surface area contributed by atoms with Gasteiger partial charge in [0.2, 0.25) is 0 Å². The second kappa shape index (κ2) is 7.20. The third-order valence-corrected chi connectivity index (χ3v) is 5.44. The van der Waals surface area contributed by atoms with Crippen molar-refractivity contribution in [1.82, 2.24) is 4.90 Å². The van der Waals surface area contributed by atoms with Crippen molar-refractivity contribution in [2.45, 2.75) is 46.0 Å². The first-order chi connectivity index (χ1) is 9.22. The molecule has 1 aliphatic heterocycles. The molecule has 0 N–H and O–H groups in total. The maximum Gasteiger partial charge on any atom is 0.186 e. The standard InChI is InChI=1S/C16H25NOS/c1-3-13-6-5-10-17(11-9-13)12-15(18)16-8-7-14(4-2)19-16/h7-8,13H,3-6,9-12H2,1-2H3. The van der Waals surface area contributed by atoms with Gasteiger partial charge in [0, 0.05) is 4.88 Å². The third-order valence-electron chi connectivity index (χ3n) is 4.17. The maximum atomic E-state index is 12.3. The molecule has 1 atom stereocenters. The molecule has 2 nitrogen and oxygen atoms in total. The van der Waals surface area contributed by atoms with Crippen molar-refractivity contribution in [3.8, 4) is 0 Å². The van der Waals surface area contributed by atoms with Crippen LogP contribution < -0.4 is 0 Å². The van der Waals surface area contributed by atoms with Crippen molar-refractivity contribution in [2.75, 3.05) is 19.6 Å². The van der Waals surface area contributed by atoms with Crippen LogP contribution in [0.4, 0.5) is 0 Å². The normalized spacial score (nSPS) is 21.3. The number of hydrogen-bond donors (Lipinski definition) is 0. The highest BCUT2D eigenvalue weighted by atomic mass is 32.1. The molecular formula is C16H25NOS. The summed E-state index contributed by atoms with van der Waals surface area (Å²) in [4.78, 5) is 16.9. The van der Waals surface area contributed by atoms with Crippen LogP contribution in [0.3, 0.4) is 0 Å². The number of thiophene rings is 1. The number of Topliss-reactive ketones (excluding diaryl/α,β-unsaturated/α-hetero) is 1. The van der Waals surface area contributed by atoms with Crippen molar-refractivity contribution >= 4 is 17.1 Å². The van der Waals surface area contributed by atoms with Crippen LogP contribution in [0.1, 0.15) is 54.1 Å². The van der Waals surface area contributed by atoms with Crippen LogP contribution in [0.2, 0.25) is 0 Å². The first-order valence-corrected chi connectivity index (χ1v) is 8.38. The molecule has 1 aromatic rings. The average molecular weight is 279 g/mol. The molecule has 0 aromatic carbocycles. The Morgan fingerprint density at radius 2 is 2.16 bits per heavy atom. The fourth-order valence-electron chi connectivity index (χ4n) is 2.79. The smallest absolute Gasteiger partial charge is 0.186 e. The Morgan fingerprint density at radius 1 is 1.32 bits per heavy atom. The molecule has 19 heavy (non-hydrogen) atoms. The van der Waals surface area contributed by atoms with E-state index < -0.39 is 0 Å². The minimum Gasteiger partial charge on any atom is -0.296 e. The molecule has 1 aromatic heterocycles. The molecule has 0 aliphatic carbocycles. The number of rotatable bonds is 5. The number of hydrogen-bond acceptors (Lipinski definition) is 3. The number of ketones is 1. The van der Waals surface area contributed by atoms with Gasteiger partial charge in [0.15, 0.2) is 5.78 Å². The fraction of sp³-hybridized carbons (Fsp3) is 0.688. The second-order valence-electron chi connectivity index (χ2n) is 5.52. The van der Waals surface area contributed by atoms with Crippen LogP contribution in [0, 0.1) is 5.92 Å². The minimum atomic E-state index is 0.305. The summed E-state index contributed by atoms with van der Waals surface area (Å²) in [6, 6.07) is 4.09. The Bertz CT molecular complexity index is 413. The van der Waals surface area contributed by atoms with Crippen LogP contribution in [0.15, 0.2) is 12.1 Å². The molecule has 0 radical (unpaired) electrons. The van der Waals surface area contributed by atoms with E-state index in [1.165, 1.54) is 30.6 Å². The highest BCUT2D eigenvalue weighted by Gasteiger charge is 2.19. The molecule has 0 spiro atoms. The number of aryl methyl sites for hydroxylation is 1. The Balaban J connectivity index is 1.88. The molecule has 1 aliphatic rings. The lowest BCUT2D eigenvalue weighted by molar-refractivity contribution is 0.0936. The first kappa shape index (κ1) is 14.7. The topological polar surface area (TPSA) is 20.3 Å². The van der Waals surface area contributed by atoms with Gasteiger partial charge in [-0.05, 0) is 56.8 Å². The lowest BCUT2D eigenvalue weighted by Gasteiger charge is -2.18. The molecule has 3 heteroatoms. The van der Waals surface area contributed by atoms with Crippen molar-refractivity contribution in [2.24, 2.45) is 5.92 Å². The van der Waals surface area contributed by atoms with Crippen molar-refractivity contribution in [3.63, 3.8) is 0 Å². The Morgan fingerprint density at radius 3 is 2.84 bits per heavy atom. The molecule has 106 valence electrons. The molecule has 1 saturated heterocycles. The van der Waals surface area contributed by atoms with Crippen LogP contribution in [0.25, 0.3) is 0 Å².